The van der Waals surface area contributed by atoms with Crippen molar-refractivity contribution in [2.45, 2.75) is 19.4 Å². The lowest BCUT2D eigenvalue weighted by molar-refractivity contribution is -0.139. The Labute approximate surface area is 203 Å². The zero-order chi connectivity index (χ0) is 25.6. The van der Waals surface area contributed by atoms with Gasteiger partial charge in [-0.2, -0.15) is 5.01 Å². The third kappa shape index (κ3) is 5.87. The van der Waals surface area contributed by atoms with Crippen molar-refractivity contribution in [1.82, 2.24) is 20.7 Å². The van der Waals surface area contributed by atoms with Gasteiger partial charge in [0, 0.05) is 5.69 Å². The first-order valence-electron chi connectivity index (χ1n) is 11.0. The molecular weight excluding hydrogens is 454 g/mol. The maximum Gasteiger partial charge on any atom is 0.344 e. The van der Waals surface area contributed by atoms with Crippen LogP contribution in [0.2, 0.25) is 0 Å². The van der Waals surface area contributed by atoms with Crippen molar-refractivity contribution in [3.63, 3.8) is 0 Å². The molecule has 0 aliphatic carbocycles. The second kappa shape index (κ2) is 10.9. The summed E-state index contributed by atoms with van der Waals surface area (Å²) < 4.78 is 10.2. The number of rotatable bonds is 10. The number of hydrogen-bond donors (Lipinski definition) is 3. The molecule has 1 aliphatic heterocycles. The van der Waals surface area contributed by atoms with Crippen LogP contribution >= 0.6 is 0 Å². The van der Waals surface area contributed by atoms with Gasteiger partial charge in [0.25, 0.3) is 11.8 Å². The van der Waals surface area contributed by atoms with Gasteiger partial charge in [0.2, 0.25) is 5.91 Å². The van der Waals surface area contributed by atoms with E-state index in [1.807, 2.05) is 0 Å². The van der Waals surface area contributed by atoms with Gasteiger partial charge in [0.05, 0.1) is 27.3 Å². The molecule has 1 fully saturated rings. The molecule has 1 atom stereocenters. The molecule has 0 aromatic heterocycles. The van der Waals surface area contributed by atoms with Gasteiger partial charge in [-0.3, -0.25) is 24.7 Å². The predicted octanol–water partition coefficient (Wildman–Crippen LogP) is 1.46. The first kappa shape index (κ1) is 25.5. The summed E-state index contributed by atoms with van der Waals surface area (Å²) in [7, 11) is 3.08. The van der Waals surface area contributed by atoms with Crippen LogP contribution < -0.4 is 25.5 Å². The Bertz CT molecular complexity index is 1090. The van der Waals surface area contributed by atoms with E-state index >= 15 is 0 Å². The number of carbonyl (C=O) groups is 4. The fourth-order valence-corrected chi connectivity index (χ4v) is 3.58. The van der Waals surface area contributed by atoms with Gasteiger partial charge in [-0.25, -0.2) is 4.79 Å². The third-order valence-corrected chi connectivity index (χ3v) is 5.65. The summed E-state index contributed by atoms with van der Waals surface area (Å²) in [5, 5.41) is 6.03. The Morgan fingerprint density at radius 2 is 1.49 bits per heavy atom. The average molecular weight is 484 g/mol. The van der Waals surface area contributed by atoms with Gasteiger partial charge in [-0.15, -0.1) is 0 Å². The minimum atomic E-state index is -1.35. The molecule has 3 N–H and O–H groups in total. The van der Waals surface area contributed by atoms with E-state index in [9.17, 15) is 19.2 Å². The summed E-state index contributed by atoms with van der Waals surface area (Å²) in [4.78, 5) is 52.1. The summed E-state index contributed by atoms with van der Waals surface area (Å²) >= 11 is 0. The van der Waals surface area contributed by atoms with Crippen LogP contribution in [-0.2, 0) is 19.9 Å². The Hall–Kier alpha value is -4.12. The molecule has 2 aromatic carbocycles. The summed E-state index contributed by atoms with van der Waals surface area (Å²) in [5.41, 5.74) is 2.13. The van der Waals surface area contributed by atoms with Crippen LogP contribution in [0.4, 0.5) is 10.5 Å². The molecule has 0 spiro atoms. The fourth-order valence-electron chi connectivity index (χ4n) is 3.58. The molecule has 186 valence electrons. The van der Waals surface area contributed by atoms with E-state index in [2.05, 4.69) is 16.1 Å². The molecule has 5 amide bonds. The van der Waals surface area contributed by atoms with Crippen molar-refractivity contribution in [1.29, 1.82) is 0 Å². The Morgan fingerprint density at radius 1 is 0.943 bits per heavy atom. The molecular formula is C24H29N5O6. The number of anilines is 1. The van der Waals surface area contributed by atoms with Crippen molar-refractivity contribution >= 4 is 29.4 Å². The third-order valence-electron chi connectivity index (χ3n) is 5.65. The first-order valence-corrected chi connectivity index (χ1v) is 11.0. The topological polar surface area (TPSA) is 129 Å². The summed E-state index contributed by atoms with van der Waals surface area (Å²) in [6.07, 6.45) is 0. The number of hydrazine groups is 1. The number of nitrogens with zero attached hydrogens (tertiary/aromatic N) is 2. The number of urea groups is 1. The van der Waals surface area contributed by atoms with E-state index in [4.69, 9.17) is 9.47 Å². The molecule has 11 nitrogen and oxygen atoms in total. The van der Waals surface area contributed by atoms with Crippen LogP contribution in [0, 0.1) is 0 Å². The number of benzene rings is 2. The van der Waals surface area contributed by atoms with Crippen LogP contribution in [0.5, 0.6) is 11.5 Å². The summed E-state index contributed by atoms with van der Waals surface area (Å²) in [5.74, 6) is -0.270. The lowest BCUT2D eigenvalue weighted by Gasteiger charge is -2.23. The number of hydrogen-bond acceptors (Lipinski definition) is 7. The zero-order valence-corrected chi connectivity index (χ0v) is 20.1. The Morgan fingerprint density at radius 3 is 2.03 bits per heavy atom. The number of ether oxygens (including phenoxy) is 2. The second-order valence-electron chi connectivity index (χ2n) is 8.04. The van der Waals surface area contributed by atoms with E-state index in [1.54, 1.807) is 74.4 Å². The van der Waals surface area contributed by atoms with Crippen molar-refractivity contribution < 1.29 is 28.7 Å². The summed E-state index contributed by atoms with van der Waals surface area (Å²) in [6, 6.07) is 12.8. The van der Waals surface area contributed by atoms with Crippen molar-refractivity contribution in [2.24, 2.45) is 0 Å². The van der Waals surface area contributed by atoms with Crippen LogP contribution in [0.1, 0.15) is 19.4 Å². The number of imide groups is 1. The molecule has 35 heavy (non-hydrogen) atoms. The largest absolute Gasteiger partial charge is 0.497 e. The van der Waals surface area contributed by atoms with E-state index in [-0.39, 0.29) is 19.0 Å². The van der Waals surface area contributed by atoms with Crippen LogP contribution in [0.25, 0.3) is 0 Å². The van der Waals surface area contributed by atoms with Gasteiger partial charge in [-0.1, -0.05) is 19.1 Å². The van der Waals surface area contributed by atoms with Gasteiger partial charge >= 0.3 is 6.03 Å². The van der Waals surface area contributed by atoms with E-state index in [0.29, 0.717) is 34.3 Å². The van der Waals surface area contributed by atoms with E-state index in [1.165, 1.54) is 7.11 Å². The second-order valence-corrected chi connectivity index (χ2v) is 8.04. The number of methoxy groups -OCH3 is 2. The maximum atomic E-state index is 13.0. The Balaban J connectivity index is 1.57. The number of nitrogens with one attached hydrogen (secondary N) is 3. The highest BCUT2D eigenvalue weighted by Crippen LogP contribution is 2.29. The first-order chi connectivity index (χ1) is 16.7. The van der Waals surface area contributed by atoms with E-state index in [0.717, 1.165) is 0 Å². The maximum absolute atomic E-state index is 13.0. The number of likely N-dealkylation sites (N-methyl/N-ethyl adjacent to an activating group) is 1. The van der Waals surface area contributed by atoms with Gasteiger partial charge in [0.15, 0.2) is 0 Å². The normalized spacial score (nSPS) is 17.2. The average Bonchev–Trinajstić information content (AvgIpc) is 3.07. The molecule has 2 aromatic rings. The molecule has 1 heterocycles. The molecule has 0 saturated carbocycles. The minimum Gasteiger partial charge on any atom is -0.497 e. The fraction of sp³-hybridized carbons (Fsp3) is 0.333. The molecule has 11 heteroatoms. The molecule has 0 bridgehead atoms. The van der Waals surface area contributed by atoms with Crippen LogP contribution in [0.3, 0.4) is 0 Å². The standard InChI is InChI=1S/C24H29N5O6/c1-5-28(14-20(30)25-17-8-12-19(35-4)13-9-17)15-21(31)27-29-22(32)24(2,26-23(29)33)16-6-10-18(34-3)11-7-16/h6-13H,5,14-15H2,1-4H3,(H,25,30)(H,26,33)(H,27,31). The SMILES string of the molecule is CCN(CC(=O)Nc1ccc(OC)cc1)CC(=O)NN1C(=O)NC(C)(c2ccc(OC)cc2)C1=O. The molecule has 1 aliphatic rings. The predicted molar refractivity (Wildman–Crippen MR) is 128 cm³/mol. The van der Waals surface area contributed by atoms with Gasteiger partial charge in [0.1, 0.15) is 17.0 Å². The quantitative estimate of drug-likeness (QED) is 0.436. The lowest BCUT2D eigenvalue weighted by atomic mass is 9.92. The highest BCUT2D eigenvalue weighted by molar-refractivity contribution is 6.08. The zero-order valence-electron chi connectivity index (χ0n) is 20.1. The molecule has 1 unspecified atom stereocenters. The van der Waals surface area contributed by atoms with Gasteiger partial charge < -0.3 is 20.1 Å². The Kier molecular flexibility index (Phi) is 7.92. The van der Waals surface area contributed by atoms with Crippen molar-refractivity contribution in [3.8, 4) is 11.5 Å². The molecule has 0 radical (unpaired) electrons. The minimum absolute atomic E-state index is 0.0559. The lowest BCUT2D eigenvalue weighted by Crippen LogP contribution is -2.51. The summed E-state index contributed by atoms with van der Waals surface area (Å²) in [6.45, 7) is 3.50. The monoisotopic (exact) mass is 483 g/mol. The number of amides is 5. The van der Waals surface area contributed by atoms with Crippen LogP contribution in [-0.4, -0.2) is 67.5 Å². The molecule has 1 saturated heterocycles. The highest BCUT2D eigenvalue weighted by Gasteiger charge is 2.50. The van der Waals surface area contributed by atoms with E-state index < -0.39 is 23.4 Å². The highest BCUT2D eigenvalue weighted by atomic mass is 16.5. The van der Waals surface area contributed by atoms with Crippen LogP contribution in [0.15, 0.2) is 48.5 Å². The van der Waals surface area contributed by atoms with Gasteiger partial charge in [-0.05, 0) is 55.4 Å². The molecule has 3 rings (SSSR count). The smallest absolute Gasteiger partial charge is 0.344 e. The van der Waals surface area contributed by atoms with Crippen molar-refractivity contribution in [2.75, 3.05) is 39.2 Å². The van der Waals surface area contributed by atoms with Crippen molar-refractivity contribution in [3.05, 3.63) is 54.1 Å². The number of carbonyl (C=O) groups excluding carboxylic acids is 4.